The summed E-state index contributed by atoms with van der Waals surface area (Å²) in [4.78, 5) is 12.3. The highest BCUT2D eigenvalue weighted by Gasteiger charge is 2.24. The highest BCUT2D eigenvalue weighted by Crippen LogP contribution is 2.19. The van der Waals surface area contributed by atoms with Gasteiger partial charge in [-0.05, 0) is 37.6 Å². The maximum Gasteiger partial charge on any atom is 0.315 e. The van der Waals surface area contributed by atoms with E-state index in [1.165, 1.54) is 6.07 Å². The van der Waals surface area contributed by atoms with Crippen molar-refractivity contribution in [1.29, 1.82) is 0 Å². The van der Waals surface area contributed by atoms with E-state index in [-0.39, 0.29) is 18.5 Å². The number of aryl methyl sites for hydroxylation is 1. The SMILES string of the molecule is Cn1cc(C(C)(C)NC(=O)NCc2ccc(OCc3ccccc3F)cc2)cn1. The number of urea groups is 1. The lowest BCUT2D eigenvalue weighted by Gasteiger charge is -2.25. The van der Waals surface area contributed by atoms with E-state index in [0.29, 0.717) is 17.9 Å². The van der Waals surface area contributed by atoms with Crippen LogP contribution in [0.1, 0.15) is 30.5 Å². The zero-order valence-electron chi connectivity index (χ0n) is 16.8. The van der Waals surface area contributed by atoms with Crippen LogP contribution in [0.2, 0.25) is 0 Å². The molecule has 0 aliphatic carbocycles. The summed E-state index contributed by atoms with van der Waals surface area (Å²) in [5.41, 5.74) is 1.82. The van der Waals surface area contributed by atoms with Gasteiger partial charge in [0, 0.05) is 30.9 Å². The first kappa shape index (κ1) is 20.4. The molecule has 2 aromatic carbocycles. The molecule has 0 radical (unpaired) electrons. The van der Waals surface area contributed by atoms with Gasteiger partial charge in [-0.2, -0.15) is 5.10 Å². The van der Waals surface area contributed by atoms with Crippen LogP contribution >= 0.6 is 0 Å². The van der Waals surface area contributed by atoms with Crippen LogP contribution in [0.4, 0.5) is 9.18 Å². The van der Waals surface area contributed by atoms with Crippen LogP contribution in [0.15, 0.2) is 60.9 Å². The van der Waals surface area contributed by atoms with Crippen molar-refractivity contribution in [3.63, 3.8) is 0 Å². The van der Waals surface area contributed by atoms with Gasteiger partial charge in [0.25, 0.3) is 0 Å². The number of carbonyl (C=O) groups excluding carboxylic acids is 1. The third kappa shape index (κ3) is 5.57. The summed E-state index contributed by atoms with van der Waals surface area (Å²) in [7, 11) is 1.84. The molecule has 2 amide bonds. The van der Waals surface area contributed by atoms with Crippen molar-refractivity contribution in [1.82, 2.24) is 20.4 Å². The van der Waals surface area contributed by atoms with Crippen molar-refractivity contribution in [3.8, 4) is 5.75 Å². The van der Waals surface area contributed by atoms with E-state index in [4.69, 9.17) is 4.74 Å². The fourth-order valence-electron chi connectivity index (χ4n) is 2.81. The van der Waals surface area contributed by atoms with Crippen LogP contribution in [0.5, 0.6) is 5.75 Å². The summed E-state index contributed by atoms with van der Waals surface area (Å²) < 4.78 is 21.0. The van der Waals surface area contributed by atoms with E-state index in [9.17, 15) is 9.18 Å². The van der Waals surface area contributed by atoms with E-state index in [0.717, 1.165) is 11.1 Å². The summed E-state index contributed by atoms with van der Waals surface area (Å²) >= 11 is 0. The van der Waals surface area contributed by atoms with Gasteiger partial charge in [0.05, 0.1) is 11.7 Å². The molecule has 0 unspecified atom stereocenters. The molecule has 29 heavy (non-hydrogen) atoms. The normalized spacial score (nSPS) is 11.2. The van der Waals surface area contributed by atoms with Gasteiger partial charge in [-0.1, -0.05) is 30.3 Å². The smallest absolute Gasteiger partial charge is 0.315 e. The van der Waals surface area contributed by atoms with E-state index < -0.39 is 5.54 Å². The summed E-state index contributed by atoms with van der Waals surface area (Å²) in [5, 5.41) is 9.94. The molecule has 6 nitrogen and oxygen atoms in total. The number of benzene rings is 2. The van der Waals surface area contributed by atoms with Gasteiger partial charge in [-0.3, -0.25) is 4.68 Å². The number of ether oxygens (including phenoxy) is 1. The first-order valence-electron chi connectivity index (χ1n) is 9.34. The molecule has 0 atom stereocenters. The zero-order chi connectivity index (χ0) is 20.9. The number of rotatable bonds is 7. The second kappa shape index (κ2) is 8.77. The maximum atomic E-state index is 13.6. The molecule has 0 aliphatic rings. The van der Waals surface area contributed by atoms with Gasteiger partial charge >= 0.3 is 6.03 Å². The predicted molar refractivity (Wildman–Crippen MR) is 109 cm³/mol. The van der Waals surface area contributed by atoms with Crippen LogP contribution in [0.3, 0.4) is 0 Å². The fourth-order valence-corrected chi connectivity index (χ4v) is 2.81. The molecule has 0 spiro atoms. The second-order valence-corrected chi connectivity index (χ2v) is 7.36. The number of halogens is 1. The Morgan fingerprint density at radius 3 is 2.55 bits per heavy atom. The predicted octanol–water partition coefficient (Wildman–Crippen LogP) is 3.87. The number of amides is 2. The first-order chi connectivity index (χ1) is 13.8. The minimum atomic E-state index is -0.539. The van der Waals surface area contributed by atoms with Gasteiger partial charge in [-0.25, -0.2) is 9.18 Å². The first-order valence-corrected chi connectivity index (χ1v) is 9.34. The Kier molecular flexibility index (Phi) is 6.16. The van der Waals surface area contributed by atoms with Crippen molar-refractivity contribution < 1.29 is 13.9 Å². The van der Waals surface area contributed by atoms with Gasteiger partial charge < -0.3 is 15.4 Å². The van der Waals surface area contributed by atoms with Crippen LogP contribution in [0, 0.1) is 5.82 Å². The van der Waals surface area contributed by atoms with Crippen LogP contribution in [-0.4, -0.2) is 15.8 Å². The molecular weight excluding hydrogens is 371 g/mol. The second-order valence-electron chi connectivity index (χ2n) is 7.36. The summed E-state index contributed by atoms with van der Waals surface area (Å²) in [6, 6.07) is 13.6. The molecule has 152 valence electrons. The third-order valence-electron chi connectivity index (χ3n) is 4.58. The van der Waals surface area contributed by atoms with Crippen molar-refractivity contribution in [2.45, 2.75) is 32.5 Å². The Morgan fingerprint density at radius 2 is 1.90 bits per heavy atom. The molecule has 0 saturated carbocycles. The van der Waals surface area contributed by atoms with Gasteiger partial charge in [0.2, 0.25) is 0 Å². The average Bonchev–Trinajstić information content (AvgIpc) is 3.14. The quantitative estimate of drug-likeness (QED) is 0.637. The van der Waals surface area contributed by atoms with Crippen molar-refractivity contribution >= 4 is 6.03 Å². The molecule has 3 aromatic rings. The lowest BCUT2D eigenvalue weighted by Crippen LogP contribution is -2.46. The molecule has 1 aromatic heterocycles. The topological polar surface area (TPSA) is 68.2 Å². The average molecular weight is 396 g/mol. The highest BCUT2D eigenvalue weighted by atomic mass is 19.1. The Bertz CT molecular complexity index is 967. The number of nitrogens with one attached hydrogen (secondary N) is 2. The standard InChI is InChI=1S/C22H25FN4O2/c1-22(2,18-13-25-27(3)14-18)26-21(28)24-12-16-8-10-19(11-9-16)29-15-17-6-4-5-7-20(17)23/h4-11,13-14H,12,15H2,1-3H3,(H2,24,26,28). The van der Waals surface area contributed by atoms with Crippen LogP contribution in [-0.2, 0) is 25.7 Å². The fraction of sp³-hybridized carbons (Fsp3) is 0.273. The highest BCUT2D eigenvalue weighted by molar-refractivity contribution is 5.75. The van der Waals surface area contributed by atoms with E-state index >= 15 is 0 Å². The van der Waals surface area contributed by atoms with E-state index in [2.05, 4.69) is 15.7 Å². The van der Waals surface area contributed by atoms with Crippen molar-refractivity contribution in [2.75, 3.05) is 0 Å². The minimum Gasteiger partial charge on any atom is -0.489 e. The number of hydrogen-bond acceptors (Lipinski definition) is 3. The molecule has 0 saturated heterocycles. The Morgan fingerprint density at radius 1 is 1.17 bits per heavy atom. The Labute approximate surface area is 169 Å². The van der Waals surface area contributed by atoms with Crippen molar-refractivity contribution in [3.05, 3.63) is 83.4 Å². The molecule has 0 fully saturated rings. The van der Waals surface area contributed by atoms with Crippen LogP contribution < -0.4 is 15.4 Å². The van der Waals surface area contributed by atoms with Crippen LogP contribution in [0.25, 0.3) is 0 Å². The van der Waals surface area contributed by atoms with Gasteiger partial charge in [0.1, 0.15) is 18.2 Å². The molecule has 1 heterocycles. The molecule has 0 bridgehead atoms. The summed E-state index contributed by atoms with van der Waals surface area (Å²) in [5.74, 6) is 0.354. The largest absolute Gasteiger partial charge is 0.489 e. The number of aromatic nitrogens is 2. The lowest BCUT2D eigenvalue weighted by molar-refractivity contribution is 0.229. The third-order valence-corrected chi connectivity index (χ3v) is 4.58. The van der Waals surface area contributed by atoms with Crippen molar-refractivity contribution in [2.24, 2.45) is 7.05 Å². The maximum absolute atomic E-state index is 13.6. The monoisotopic (exact) mass is 396 g/mol. The molecular formula is C22H25FN4O2. The summed E-state index contributed by atoms with van der Waals surface area (Å²) in [6.07, 6.45) is 3.61. The number of nitrogens with zero attached hydrogens (tertiary/aromatic N) is 2. The lowest BCUT2D eigenvalue weighted by atomic mass is 9.98. The molecule has 7 heteroatoms. The molecule has 3 rings (SSSR count). The van der Waals surface area contributed by atoms with E-state index in [1.807, 2.05) is 39.2 Å². The molecule has 2 N–H and O–H groups in total. The number of hydrogen-bond donors (Lipinski definition) is 2. The number of carbonyl (C=O) groups is 1. The Balaban J connectivity index is 1.48. The zero-order valence-corrected chi connectivity index (χ0v) is 16.8. The van der Waals surface area contributed by atoms with E-state index in [1.54, 1.807) is 41.2 Å². The molecule has 0 aliphatic heterocycles. The summed E-state index contributed by atoms with van der Waals surface area (Å²) in [6.45, 7) is 4.38. The van der Waals surface area contributed by atoms with Gasteiger partial charge in [0.15, 0.2) is 0 Å². The minimum absolute atomic E-state index is 0.163. The van der Waals surface area contributed by atoms with Gasteiger partial charge in [-0.15, -0.1) is 0 Å². The Hall–Kier alpha value is -3.35.